The van der Waals surface area contributed by atoms with Crippen molar-refractivity contribution < 1.29 is 18.9 Å². The van der Waals surface area contributed by atoms with Crippen LogP contribution in [0.25, 0.3) is 0 Å². The molecule has 6 nitrogen and oxygen atoms in total. The smallest absolute Gasteiger partial charge is 0.216 e. The summed E-state index contributed by atoms with van der Waals surface area (Å²) < 4.78 is 23.5. The van der Waals surface area contributed by atoms with Crippen molar-refractivity contribution in [1.29, 1.82) is 0 Å². The Morgan fingerprint density at radius 1 is 0.870 bits per heavy atom. The first-order valence-electron chi connectivity index (χ1n) is 7.66. The van der Waals surface area contributed by atoms with E-state index in [1.807, 2.05) is 30.5 Å². The number of pyridine rings is 2. The maximum Gasteiger partial charge on any atom is 0.216 e. The van der Waals surface area contributed by atoms with Crippen LogP contribution in [0, 0.1) is 0 Å². The van der Waals surface area contributed by atoms with Gasteiger partial charge in [0, 0.05) is 36.3 Å². The highest BCUT2D eigenvalue weighted by Gasteiger charge is 2.43. The molecule has 2 aromatic rings. The molecule has 0 unspecified atom stereocenters. The van der Waals surface area contributed by atoms with Crippen LogP contribution in [0.5, 0.6) is 0 Å². The molecule has 2 aromatic heterocycles. The minimum Gasteiger partial charge on any atom is -0.345 e. The van der Waals surface area contributed by atoms with Gasteiger partial charge in [-0.15, -0.1) is 0 Å². The molecule has 4 rings (SSSR count). The van der Waals surface area contributed by atoms with Crippen LogP contribution in [0.3, 0.4) is 0 Å². The van der Waals surface area contributed by atoms with Crippen LogP contribution < -0.4 is 0 Å². The van der Waals surface area contributed by atoms with E-state index in [-0.39, 0.29) is 5.92 Å². The molecule has 4 heterocycles. The van der Waals surface area contributed by atoms with E-state index < -0.39 is 12.1 Å². The van der Waals surface area contributed by atoms with E-state index in [4.69, 9.17) is 18.9 Å². The van der Waals surface area contributed by atoms with Gasteiger partial charge in [0.05, 0.1) is 13.2 Å². The van der Waals surface area contributed by atoms with Crippen molar-refractivity contribution in [3.05, 3.63) is 60.2 Å². The fourth-order valence-corrected chi connectivity index (χ4v) is 2.78. The van der Waals surface area contributed by atoms with Gasteiger partial charge in [-0.3, -0.25) is 9.97 Å². The molecule has 0 bridgehead atoms. The normalized spacial score (nSPS) is 31.1. The fourth-order valence-electron chi connectivity index (χ4n) is 2.78. The first-order valence-corrected chi connectivity index (χ1v) is 7.66. The second-order valence-corrected chi connectivity index (χ2v) is 5.75. The molecule has 1 spiro atoms. The lowest BCUT2D eigenvalue weighted by atomic mass is 10.0. The van der Waals surface area contributed by atoms with Gasteiger partial charge in [0.15, 0.2) is 6.29 Å². The van der Waals surface area contributed by atoms with Crippen LogP contribution in [-0.2, 0) is 18.9 Å². The quantitative estimate of drug-likeness (QED) is 0.845. The largest absolute Gasteiger partial charge is 0.345 e. The summed E-state index contributed by atoms with van der Waals surface area (Å²) in [6.07, 6.45) is 6.66. The van der Waals surface area contributed by atoms with Gasteiger partial charge in [0.2, 0.25) is 5.79 Å². The number of ether oxygens (including phenoxy) is 4. The molecular formula is C17H18N2O4. The Labute approximate surface area is 134 Å². The highest BCUT2D eigenvalue weighted by Crippen LogP contribution is 2.34. The second-order valence-electron chi connectivity index (χ2n) is 5.75. The van der Waals surface area contributed by atoms with Crippen molar-refractivity contribution in [3.8, 4) is 0 Å². The van der Waals surface area contributed by atoms with Crippen molar-refractivity contribution in [2.45, 2.75) is 18.0 Å². The molecule has 0 atom stereocenters. The molecule has 2 aliphatic heterocycles. The Hall–Kier alpha value is -1.86. The van der Waals surface area contributed by atoms with E-state index >= 15 is 0 Å². The summed E-state index contributed by atoms with van der Waals surface area (Å²) in [5.41, 5.74) is 2.06. The first kappa shape index (κ1) is 14.7. The standard InChI is InChI=1S/C17H18N2O4/c1-2-14(8-19-5-1)15-9-22-17(23-10-15)11-20-16(21-12-17)13-3-6-18-7-4-13/h1-8,15-16H,9-12H2. The third-order valence-electron chi connectivity index (χ3n) is 4.14. The van der Waals surface area contributed by atoms with Crippen LogP contribution in [0.2, 0.25) is 0 Å². The Bertz CT molecular complexity index is 561. The number of hydrogen-bond acceptors (Lipinski definition) is 6. The third kappa shape index (κ3) is 3.11. The van der Waals surface area contributed by atoms with Gasteiger partial charge in [-0.05, 0) is 23.8 Å². The zero-order chi connectivity index (χ0) is 15.5. The Kier molecular flexibility index (Phi) is 4.05. The van der Waals surface area contributed by atoms with Gasteiger partial charge in [-0.25, -0.2) is 0 Å². The van der Waals surface area contributed by atoms with Gasteiger partial charge >= 0.3 is 0 Å². The fraction of sp³-hybridized carbons (Fsp3) is 0.412. The molecule has 2 fully saturated rings. The number of hydrogen-bond donors (Lipinski definition) is 0. The van der Waals surface area contributed by atoms with E-state index in [1.165, 1.54) is 0 Å². The van der Waals surface area contributed by atoms with E-state index in [2.05, 4.69) is 9.97 Å². The van der Waals surface area contributed by atoms with Crippen molar-refractivity contribution in [1.82, 2.24) is 9.97 Å². The van der Waals surface area contributed by atoms with Crippen molar-refractivity contribution in [3.63, 3.8) is 0 Å². The van der Waals surface area contributed by atoms with Crippen molar-refractivity contribution in [2.75, 3.05) is 26.4 Å². The summed E-state index contributed by atoms with van der Waals surface area (Å²) in [5.74, 6) is -0.616. The third-order valence-corrected chi connectivity index (χ3v) is 4.14. The average Bonchev–Trinajstić information content (AvgIpc) is 2.65. The lowest BCUT2D eigenvalue weighted by Crippen LogP contribution is -2.53. The molecule has 0 amide bonds. The highest BCUT2D eigenvalue weighted by molar-refractivity contribution is 5.16. The van der Waals surface area contributed by atoms with E-state index in [9.17, 15) is 0 Å². The van der Waals surface area contributed by atoms with Crippen LogP contribution in [-0.4, -0.2) is 42.2 Å². The van der Waals surface area contributed by atoms with Crippen LogP contribution in [0.1, 0.15) is 23.3 Å². The lowest BCUT2D eigenvalue weighted by molar-refractivity contribution is -0.370. The van der Waals surface area contributed by atoms with Crippen molar-refractivity contribution >= 4 is 0 Å². The van der Waals surface area contributed by atoms with Gasteiger partial charge in [0.25, 0.3) is 0 Å². The molecule has 23 heavy (non-hydrogen) atoms. The monoisotopic (exact) mass is 314 g/mol. The Morgan fingerprint density at radius 2 is 1.61 bits per heavy atom. The topological polar surface area (TPSA) is 62.7 Å². The van der Waals surface area contributed by atoms with E-state index in [1.54, 1.807) is 18.6 Å². The summed E-state index contributed by atoms with van der Waals surface area (Å²) in [4.78, 5) is 8.14. The van der Waals surface area contributed by atoms with Crippen LogP contribution in [0.15, 0.2) is 49.1 Å². The average molecular weight is 314 g/mol. The molecule has 0 N–H and O–H groups in total. The Morgan fingerprint density at radius 3 is 2.26 bits per heavy atom. The summed E-state index contributed by atoms with van der Waals surface area (Å²) in [7, 11) is 0. The number of aromatic nitrogens is 2. The second kappa shape index (κ2) is 6.33. The molecule has 0 aromatic carbocycles. The molecule has 0 saturated carbocycles. The zero-order valence-electron chi connectivity index (χ0n) is 12.6. The molecule has 2 aliphatic rings. The van der Waals surface area contributed by atoms with Gasteiger partial charge in [-0.2, -0.15) is 0 Å². The van der Waals surface area contributed by atoms with E-state index in [0.717, 1.165) is 11.1 Å². The summed E-state index contributed by atoms with van der Waals surface area (Å²) in [6.45, 7) is 1.83. The number of rotatable bonds is 2. The maximum absolute atomic E-state index is 5.95. The minimum absolute atomic E-state index is 0.187. The SMILES string of the molecule is c1cncc(C2COC3(COC(c4ccncc4)OC3)OC2)c1. The minimum atomic E-state index is -0.803. The van der Waals surface area contributed by atoms with Crippen LogP contribution >= 0.6 is 0 Å². The molecular weight excluding hydrogens is 296 g/mol. The Balaban J connectivity index is 1.36. The molecule has 6 heteroatoms. The van der Waals surface area contributed by atoms with Gasteiger partial charge < -0.3 is 18.9 Å². The summed E-state index contributed by atoms with van der Waals surface area (Å²) >= 11 is 0. The van der Waals surface area contributed by atoms with E-state index in [0.29, 0.717) is 26.4 Å². The van der Waals surface area contributed by atoms with Crippen molar-refractivity contribution in [2.24, 2.45) is 0 Å². The first-order chi connectivity index (χ1) is 11.3. The molecule has 0 aliphatic carbocycles. The zero-order valence-corrected chi connectivity index (χ0v) is 12.6. The van der Waals surface area contributed by atoms with Crippen LogP contribution in [0.4, 0.5) is 0 Å². The molecule has 120 valence electrons. The maximum atomic E-state index is 5.95. The highest BCUT2D eigenvalue weighted by atomic mass is 16.8. The molecule has 0 radical (unpaired) electrons. The predicted octanol–water partition coefficient (Wildman–Crippen LogP) is 2.05. The summed E-state index contributed by atoms with van der Waals surface area (Å²) in [6, 6.07) is 7.72. The lowest BCUT2D eigenvalue weighted by Gasteiger charge is -2.43. The van der Waals surface area contributed by atoms with Gasteiger partial charge in [-0.1, -0.05) is 6.07 Å². The number of nitrogens with zero attached hydrogens (tertiary/aromatic N) is 2. The van der Waals surface area contributed by atoms with Gasteiger partial charge in [0.1, 0.15) is 13.2 Å². The summed E-state index contributed by atoms with van der Waals surface area (Å²) in [5, 5.41) is 0. The predicted molar refractivity (Wildman–Crippen MR) is 80.5 cm³/mol. The molecule has 2 saturated heterocycles.